The molecule has 0 unspecified atom stereocenters. The van der Waals surface area contributed by atoms with Crippen LogP contribution >= 0.6 is 11.6 Å². The average Bonchev–Trinajstić information content (AvgIpc) is 2.32. The number of nitrogens with one attached hydrogen (secondary N) is 1. The number of aryl methyl sites for hydroxylation is 1. The second-order valence-corrected chi connectivity index (χ2v) is 4.78. The summed E-state index contributed by atoms with van der Waals surface area (Å²) in [6.45, 7) is 6.57. The molecule has 104 valence electrons. The molecule has 0 saturated carbocycles. The van der Waals surface area contributed by atoms with Crippen molar-refractivity contribution in [1.29, 1.82) is 0 Å². The van der Waals surface area contributed by atoms with Gasteiger partial charge in [-0.25, -0.2) is 9.97 Å². The van der Waals surface area contributed by atoms with Gasteiger partial charge in [-0.15, -0.1) is 0 Å². The van der Waals surface area contributed by atoms with E-state index in [0.29, 0.717) is 11.4 Å². The summed E-state index contributed by atoms with van der Waals surface area (Å²) in [5, 5.41) is 2.69. The van der Waals surface area contributed by atoms with E-state index in [0.717, 1.165) is 0 Å². The normalized spacial score (nSPS) is 11.0. The first-order valence-corrected chi connectivity index (χ1v) is 6.14. The van der Waals surface area contributed by atoms with Crippen molar-refractivity contribution >= 4 is 29.2 Å². The quantitative estimate of drug-likeness (QED) is 0.519. The molecule has 0 aliphatic carbocycles. The first-order valence-electron chi connectivity index (χ1n) is 5.76. The van der Waals surface area contributed by atoms with Crippen LogP contribution in [-0.2, 0) is 14.3 Å². The Morgan fingerprint density at radius 1 is 1.47 bits per heavy atom. The minimum Gasteiger partial charge on any atom is -0.465 e. The average molecular weight is 286 g/mol. The number of hydrogen-bond acceptors (Lipinski definition) is 5. The van der Waals surface area contributed by atoms with Crippen molar-refractivity contribution in [3.05, 3.63) is 17.2 Å². The Morgan fingerprint density at radius 2 is 2.11 bits per heavy atom. The molecule has 0 fully saturated rings. The van der Waals surface area contributed by atoms with Crippen LogP contribution in [0, 0.1) is 12.3 Å². The first-order chi connectivity index (χ1) is 8.78. The fraction of sp³-hybridized carbons (Fsp3) is 0.500. The standard InChI is InChI=1S/C12H16ClN3O3/c1-5-19-10(18)12(3,4)9(17)16-8-6-14-11(13)15-7(8)2/h6H,5H2,1-4H3,(H,16,17). The van der Waals surface area contributed by atoms with Gasteiger partial charge in [-0.2, -0.15) is 0 Å². The monoisotopic (exact) mass is 285 g/mol. The molecule has 19 heavy (non-hydrogen) atoms. The molecule has 0 aliphatic heterocycles. The second kappa shape index (κ2) is 5.97. The van der Waals surface area contributed by atoms with Gasteiger partial charge in [0.15, 0.2) is 0 Å². The van der Waals surface area contributed by atoms with Crippen LogP contribution in [0.1, 0.15) is 26.5 Å². The van der Waals surface area contributed by atoms with E-state index >= 15 is 0 Å². The molecule has 0 radical (unpaired) electrons. The lowest BCUT2D eigenvalue weighted by Crippen LogP contribution is -2.39. The van der Waals surface area contributed by atoms with Crippen molar-refractivity contribution in [2.45, 2.75) is 27.7 Å². The number of anilines is 1. The lowest BCUT2D eigenvalue weighted by Gasteiger charge is -2.21. The molecule has 0 aliphatic rings. The highest BCUT2D eigenvalue weighted by Crippen LogP contribution is 2.21. The molecule has 1 amide bonds. The maximum absolute atomic E-state index is 12.1. The van der Waals surface area contributed by atoms with E-state index in [9.17, 15) is 9.59 Å². The van der Waals surface area contributed by atoms with Gasteiger partial charge < -0.3 is 10.1 Å². The molecule has 0 spiro atoms. The summed E-state index contributed by atoms with van der Waals surface area (Å²) >= 11 is 5.63. The van der Waals surface area contributed by atoms with E-state index < -0.39 is 17.3 Å². The lowest BCUT2D eigenvalue weighted by molar-refractivity contribution is -0.157. The van der Waals surface area contributed by atoms with E-state index in [2.05, 4.69) is 15.3 Å². The zero-order valence-corrected chi connectivity index (χ0v) is 12.0. The van der Waals surface area contributed by atoms with Crippen LogP contribution in [0.25, 0.3) is 0 Å². The molecule has 1 N–H and O–H groups in total. The number of nitrogens with zero attached hydrogens (tertiary/aromatic N) is 2. The van der Waals surface area contributed by atoms with Crippen LogP contribution in [0.15, 0.2) is 6.20 Å². The summed E-state index contributed by atoms with van der Waals surface area (Å²) in [6.07, 6.45) is 1.39. The topological polar surface area (TPSA) is 81.2 Å². The Hall–Kier alpha value is -1.69. The molecule has 1 aromatic rings. The van der Waals surface area contributed by atoms with Crippen molar-refractivity contribution in [2.24, 2.45) is 5.41 Å². The Morgan fingerprint density at radius 3 is 2.63 bits per heavy atom. The summed E-state index contributed by atoms with van der Waals surface area (Å²) in [5.74, 6) is -1.07. The van der Waals surface area contributed by atoms with Crippen molar-refractivity contribution in [2.75, 3.05) is 11.9 Å². The number of hydrogen-bond donors (Lipinski definition) is 1. The summed E-state index contributed by atoms with van der Waals surface area (Å²) in [6, 6.07) is 0. The highest BCUT2D eigenvalue weighted by Gasteiger charge is 2.37. The molecule has 0 bridgehead atoms. The van der Waals surface area contributed by atoms with Gasteiger partial charge in [-0.1, -0.05) is 0 Å². The molecule has 0 atom stereocenters. The molecule has 1 aromatic heterocycles. The summed E-state index contributed by atoms with van der Waals surface area (Å²) in [7, 11) is 0. The maximum atomic E-state index is 12.1. The van der Waals surface area contributed by atoms with Crippen molar-refractivity contribution in [3.8, 4) is 0 Å². The van der Waals surface area contributed by atoms with Crippen LogP contribution in [0.2, 0.25) is 5.28 Å². The van der Waals surface area contributed by atoms with Gasteiger partial charge in [-0.05, 0) is 39.3 Å². The third kappa shape index (κ3) is 3.64. The smallest absolute Gasteiger partial charge is 0.321 e. The SMILES string of the molecule is CCOC(=O)C(C)(C)C(=O)Nc1cnc(Cl)nc1C. The maximum Gasteiger partial charge on any atom is 0.321 e. The largest absolute Gasteiger partial charge is 0.465 e. The Bertz CT molecular complexity index is 503. The Balaban J connectivity index is 2.87. The minimum absolute atomic E-state index is 0.0974. The summed E-state index contributed by atoms with van der Waals surface area (Å²) in [4.78, 5) is 31.5. The fourth-order valence-electron chi connectivity index (χ4n) is 1.24. The van der Waals surface area contributed by atoms with E-state index in [1.54, 1.807) is 13.8 Å². The second-order valence-electron chi connectivity index (χ2n) is 4.44. The van der Waals surface area contributed by atoms with Gasteiger partial charge in [0.1, 0.15) is 5.41 Å². The number of rotatable bonds is 4. The highest BCUT2D eigenvalue weighted by atomic mass is 35.5. The Labute approximate surface area is 116 Å². The summed E-state index contributed by atoms with van der Waals surface area (Å²) < 4.78 is 4.86. The number of carbonyl (C=O) groups excluding carboxylic acids is 2. The van der Waals surface area contributed by atoms with E-state index in [4.69, 9.17) is 16.3 Å². The predicted octanol–water partition coefficient (Wildman–Crippen LogP) is 1.97. The van der Waals surface area contributed by atoms with Crippen molar-refractivity contribution < 1.29 is 14.3 Å². The molecule has 0 aromatic carbocycles. The van der Waals surface area contributed by atoms with E-state index in [1.165, 1.54) is 20.0 Å². The number of esters is 1. The molecular formula is C12H16ClN3O3. The van der Waals surface area contributed by atoms with Crippen LogP contribution in [0.4, 0.5) is 5.69 Å². The zero-order chi connectivity index (χ0) is 14.6. The van der Waals surface area contributed by atoms with Gasteiger partial charge in [0, 0.05) is 0 Å². The molecule has 1 heterocycles. The van der Waals surface area contributed by atoms with Crippen LogP contribution in [0.3, 0.4) is 0 Å². The number of carbonyl (C=O) groups is 2. The zero-order valence-electron chi connectivity index (χ0n) is 11.3. The predicted molar refractivity (Wildman–Crippen MR) is 70.8 cm³/mol. The molecular weight excluding hydrogens is 270 g/mol. The van der Waals surface area contributed by atoms with Crippen LogP contribution in [-0.4, -0.2) is 28.5 Å². The van der Waals surface area contributed by atoms with E-state index in [-0.39, 0.29) is 11.9 Å². The van der Waals surface area contributed by atoms with Gasteiger partial charge in [0.05, 0.1) is 24.2 Å². The molecule has 7 heteroatoms. The fourth-order valence-corrected chi connectivity index (χ4v) is 1.42. The van der Waals surface area contributed by atoms with Gasteiger partial charge in [-0.3, -0.25) is 9.59 Å². The highest BCUT2D eigenvalue weighted by molar-refractivity contribution is 6.28. The number of ether oxygens (including phenoxy) is 1. The molecule has 0 saturated heterocycles. The van der Waals surface area contributed by atoms with Crippen molar-refractivity contribution in [3.63, 3.8) is 0 Å². The Kier molecular flexibility index (Phi) is 4.83. The van der Waals surface area contributed by atoms with Crippen molar-refractivity contribution in [1.82, 2.24) is 9.97 Å². The summed E-state index contributed by atoms with van der Waals surface area (Å²) in [5.41, 5.74) is -0.359. The van der Waals surface area contributed by atoms with Crippen LogP contribution < -0.4 is 5.32 Å². The van der Waals surface area contributed by atoms with Crippen LogP contribution in [0.5, 0.6) is 0 Å². The van der Waals surface area contributed by atoms with Gasteiger partial charge in [0.2, 0.25) is 11.2 Å². The van der Waals surface area contributed by atoms with Gasteiger partial charge in [0.25, 0.3) is 0 Å². The number of halogens is 1. The molecule has 1 rings (SSSR count). The third-order valence-electron chi connectivity index (χ3n) is 2.55. The number of aromatic nitrogens is 2. The van der Waals surface area contributed by atoms with E-state index in [1.807, 2.05) is 0 Å². The third-order valence-corrected chi connectivity index (χ3v) is 2.73. The number of amides is 1. The van der Waals surface area contributed by atoms with Gasteiger partial charge >= 0.3 is 5.97 Å². The minimum atomic E-state index is -1.29. The lowest BCUT2D eigenvalue weighted by atomic mass is 9.92. The first kappa shape index (κ1) is 15.4. The molecule has 6 nitrogen and oxygen atoms in total.